The number of hydrogen-bond acceptors (Lipinski definition) is 32. The number of carbonyl (C=O) groups excluding carboxylic acids is 20. The van der Waals surface area contributed by atoms with Crippen molar-refractivity contribution >= 4 is 167 Å². The molecule has 0 aliphatic carbocycles. The van der Waals surface area contributed by atoms with Crippen molar-refractivity contribution < 1.29 is 141 Å². The molecule has 0 saturated heterocycles. The van der Waals surface area contributed by atoms with Gasteiger partial charge in [0.15, 0.2) is 0 Å². The van der Waals surface area contributed by atoms with Gasteiger partial charge in [-0.1, -0.05) is 111 Å². The maximum atomic E-state index is 14.9. The fourth-order valence-corrected chi connectivity index (χ4v) is 13.7. The van der Waals surface area contributed by atoms with Crippen LogP contribution in [0.4, 0.5) is 0 Å². The number of primary amides is 2. The molecule has 33 N–H and O–H groups in total. The zero-order chi connectivity index (χ0) is 104. The Balaban J connectivity index is 1.88. The van der Waals surface area contributed by atoms with Crippen molar-refractivity contribution in [1.82, 2.24) is 95.7 Å². The van der Waals surface area contributed by atoms with Gasteiger partial charge in [-0.05, 0) is 80.2 Å². The minimum absolute atomic E-state index is 0.0675. The van der Waals surface area contributed by atoms with Crippen LogP contribution in [0, 0.1) is 5.92 Å². The lowest BCUT2D eigenvalue weighted by molar-refractivity contribution is -0.143. The number of aliphatic hydroxyl groups is 5. The van der Waals surface area contributed by atoms with E-state index in [9.17, 15) is 136 Å². The molecule has 0 bridgehead atoms. The van der Waals surface area contributed by atoms with E-state index < -0.39 is 311 Å². The smallest absolute Gasteiger partial charge is 0.328 e. The largest absolute Gasteiger partial charge is 0.481 e. The van der Waals surface area contributed by atoms with E-state index in [0.29, 0.717) is 16.7 Å². The normalized spacial score (nSPS) is 14.9. The van der Waals surface area contributed by atoms with Crippen LogP contribution in [0.25, 0.3) is 0 Å². The van der Waals surface area contributed by atoms with E-state index >= 15 is 0 Å². The molecule has 51 nitrogen and oxygen atoms in total. The van der Waals surface area contributed by atoms with E-state index in [1.807, 2.05) is 5.32 Å². The Bertz CT molecular complexity index is 4660. The number of carboxylic acid groups (broad SMARTS) is 2. The Labute approximate surface area is 813 Å². The molecule has 139 heavy (non-hydrogen) atoms. The van der Waals surface area contributed by atoms with Crippen molar-refractivity contribution in [2.24, 2.45) is 28.9 Å². The first kappa shape index (κ1) is 120. The number of aliphatic hydroxyl groups excluding tert-OH is 5. The summed E-state index contributed by atoms with van der Waals surface area (Å²) in [5.74, 6) is -26.9. The number of rotatable bonds is 66. The van der Waals surface area contributed by atoms with Crippen molar-refractivity contribution in [1.29, 1.82) is 0 Å². The molecule has 0 saturated carbocycles. The van der Waals surface area contributed by atoms with Crippen LogP contribution in [0.1, 0.15) is 95.2 Å². The van der Waals surface area contributed by atoms with Crippen LogP contribution >= 0.6 is 37.0 Å². The molecule has 0 aromatic heterocycles. The number of nitrogens with one attached hydrogen (secondary N) is 18. The third-order valence-electron chi connectivity index (χ3n) is 20.7. The standard InChI is InChI=1S/C85H126N22O29S3/c1-5-43(2)68(106-78(128)54(31-47-21-13-8-14-22-47)98-73(123)51(26-28-139-4)97-76(126)53(30-46-19-11-7-12-20-46)100-80(130)58(39-110)103-77(127)56(33-63(89)114)101-82(132)61(42-138)105-70(120)48(87)37-108)84(134)102-55(32-62(88)113)71(121)91-36-66(117)93-57(38-109)79(129)99-52(29-45-17-9-6-10-18-45)75(125)95-49(23-15-16-27-86)72(122)96-50(24-25-67(118)119)74(124)107-69(44(3)112)83(133)92-34-64(115)90-35-65(116)94-60(41-137)81(131)104-59(40-111)85(135)136/h6-14,17-22,43-44,48-61,68-69,108-112,137-138H,5,15-16,23-42,86-87H2,1-4H3,(H2,88,113)(H2,89,114)(H,90,115)(H,91,121)(H,92,133)(H,93,117)(H,94,116)(H,95,125)(H,96,122)(H,97,126)(H,98,123)(H,99,129)(H,100,130)(H,101,132)(H,102,134)(H,103,127)(H,104,131)(H,105,120)(H,106,128)(H,107,124)(H,118,119)(H,135,136)/t43-,44+,48-,49-,50-,51-,52-,53-,54-,55-,56-,57-,58-,59-,60-,61-,68-,69-/m0/s1. The van der Waals surface area contributed by atoms with Crippen LogP contribution in [-0.4, -0.2) is 345 Å². The molecule has 0 aliphatic rings. The monoisotopic (exact) mass is 2010 g/mol. The van der Waals surface area contributed by atoms with Gasteiger partial charge in [0, 0.05) is 37.2 Å². The van der Waals surface area contributed by atoms with Gasteiger partial charge in [0.1, 0.15) is 96.7 Å². The zero-order valence-electron chi connectivity index (χ0n) is 76.5. The lowest BCUT2D eigenvalue weighted by atomic mass is 9.96. The molecule has 54 heteroatoms. The van der Waals surface area contributed by atoms with Crippen LogP contribution in [-0.2, 0) is 125 Å². The summed E-state index contributed by atoms with van der Waals surface area (Å²) in [5, 5.41) is 111. The Hall–Kier alpha value is -13.2. The Kier molecular flexibility index (Phi) is 55.2. The summed E-state index contributed by atoms with van der Waals surface area (Å²) in [4.78, 5) is 297. The topological polar surface area (TPSA) is 838 Å². The Morgan fingerprint density at radius 3 is 1.11 bits per heavy atom. The minimum Gasteiger partial charge on any atom is -0.481 e. The molecular weight excluding hydrogens is 1890 g/mol. The van der Waals surface area contributed by atoms with E-state index in [1.165, 1.54) is 18.7 Å². The van der Waals surface area contributed by atoms with Gasteiger partial charge in [-0.15, -0.1) is 0 Å². The first-order chi connectivity index (χ1) is 65.9. The number of nitrogens with two attached hydrogens (primary N) is 4. The number of carboxylic acids is 2. The number of unbranched alkanes of at least 4 members (excludes halogenated alkanes) is 1. The molecule has 3 rings (SSSR count). The SMILES string of the molecule is CC[C@H](C)[C@H](NC(=O)[C@H](Cc1ccccc1)NC(=O)[C@H](CCSC)NC(=O)[C@H](Cc1ccccc1)NC(=O)[C@H](CO)NC(=O)[C@H](CC(N)=O)NC(=O)[C@H](CS)NC(=O)[C@@H](N)CO)C(=O)N[C@@H](CC(N)=O)C(=O)NCC(=O)N[C@@H](CO)C(=O)N[C@@H](Cc1ccccc1)C(=O)N[C@@H](CCCCN)C(=O)N[C@@H](CCC(=O)O)C(=O)N[C@H](C(=O)NCC(=O)NCC(=O)N[C@@H](CS)C(=O)N[C@@H](CO)C(=O)O)[C@@H](C)O. The first-order valence-corrected chi connectivity index (χ1v) is 46.3. The van der Waals surface area contributed by atoms with Crippen molar-refractivity contribution in [3.63, 3.8) is 0 Å². The number of benzene rings is 3. The average Bonchev–Trinajstić information content (AvgIpc) is 0.862. The molecule has 18 atom stereocenters. The second-order valence-electron chi connectivity index (χ2n) is 31.7. The van der Waals surface area contributed by atoms with Gasteiger partial charge in [0.05, 0.1) is 65.0 Å². The summed E-state index contributed by atoms with van der Waals surface area (Å²) in [5.41, 5.74) is 23.6. The Morgan fingerprint density at radius 1 is 0.360 bits per heavy atom. The summed E-state index contributed by atoms with van der Waals surface area (Å²) < 4.78 is 0. The van der Waals surface area contributed by atoms with Gasteiger partial charge in [0.2, 0.25) is 118 Å². The van der Waals surface area contributed by atoms with Crippen molar-refractivity contribution in [3.05, 3.63) is 108 Å². The lowest BCUT2D eigenvalue weighted by Crippen LogP contribution is -2.62. The van der Waals surface area contributed by atoms with Crippen LogP contribution in [0.5, 0.6) is 0 Å². The third-order valence-corrected chi connectivity index (χ3v) is 22.1. The minimum atomic E-state index is -1.94. The summed E-state index contributed by atoms with van der Waals surface area (Å²) in [6.07, 6.45) is -4.19. The summed E-state index contributed by atoms with van der Waals surface area (Å²) in [6, 6.07) is -3.13. The fraction of sp³-hybridized carbons (Fsp3) is 0.529. The van der Waals surface area contributed by atoms with Crippen LogP contribution in [0.15, 0.2) is 91.0 Å². The highest BCUT2D eigenvalue weighted by Crippen LogP contribution is 2.16. The quantitative estimate of drug-likeness (QED) is 0.0184. The van der Waals surface area contributed by atoms with E-state index in [0.717, 1.165) is 6.92 Å². The molecule has 3 aromatic carbocycles. The number of aliphatic carboxylic acids is 2. The highest BCUT2D eigenvalue weighted by Gasteiger charge is 2.40. The molecule has 0 unspecified atom stereocenters. The van der Waals surface area contributed by atoms with Gasteiger partial charge < -0.3 is 154 Å². The summed E-state index contributed by atoms with van der Waals surface area (Å²) in [6.45, 7) is -2.64. The molecular formula is C85H126N22O29S3. The van der Waals surface area contributed by atoms with Gasteiger partial charge in [-0.2, -0.15) is 37.0 Å². The average molecular weight is 2020 g/mol. The maximum absolute atomic E-state index is 14.9. The lowest BCUT2D eigenvalue weighted by Gasteiger charge is -2.29. The molecule has 0 radical (unpaired) electrons. The number of hydrogen-bond donors (Lipinski definition) is 31. The van der Waals surface area contributed by atoms with Crippen molar-refractivity contribution in [2.75, 3.05) is 76.1 Å². The van der Waals surface area contributed by atoms with Gasteiger partial charge in [-0.3, -0.25) is 101 Å². The second-order valence-corrected chi connectivity index (χ2v) is 33.4. The molecule has 0 fully saturated rings. The number of thiol groups is 2. The molecule has 0 heterocycles. The second kappa shape index (κ2) is 64.0. The van der Waals surface area contributed by atoms with E-state index in [4.69, 9.17) is 28.0 Å². The number of thioether (sulfide) groups is 1. The predicted molar refractivity (Wildman–Crippen MR) is 502 cm³/mol. The molecule has 768 valence electrons. The molecule has 0 spiro atoms. The van der Waals surface area contributed by atoms with E-state index in [-0.39, 0.29) is 75.2 Å². The van der Waals surface area contributed by atoms with Crippen LogP contribution in [0.2, 0.25) is 0 Å². The third kappa shape index (κ3) is 44.4. The number of carbonyl (C=O) groups is 22. The highest BCUT2D eigenvalue weighted by atomic mass is 32.2. The fourth-order valence-electron chi connectivity index (χ4n) is 12.8. The zero-order valence-corrected chi connectivity index (χ0v) is 79.1. The van der Waals surface area contributed by atoms with Gasteiger partial charge in [-0.25, -0.2) is 4.79 Å². The first-order valence-electron chi connectivity index (χ1n) is 43.7. The maximum Gasteiger partial charge on any atom is 0.328 e. The van der Waals surface area contributed by atoms with Gasteiger partial charge in [0.25, 0.3) is 0 Å². The summed E-state index contributed by atoms with van der Waals surface area (Å²) in [7, 11) is 0. The molecule has 0 aliphatic heterocycles. The predicted octanol–water partition coefficient (Wildman–Crippen LogP) is -12.5. The number of amides is 20. The Morgan fingerprint density at radius 2 is 0.691 bits per heavy atom. The van der Waals surface area contributed by atoms with E-state index in [2.05, 4.69) is 116 Å². The van der Waals surface area contributed by atoms with Gasteiger partial charge >= 0.3 is 11.9 Å². The van der Waals surface area contributed by atoms with Crippen LogP contribution in [0.3, 0.4) is 0 Å². The van der Waals surface area contributed by atoms with Crippen molar-refractivity contribution in [3.8, 4) is 0 Å². The van der Waals surface area contributed by atoms with E-state index in [1.54, 1.807) is 104 Å². The van der Waals surface area contributed by atoms with Crippen LogP contribution < -0.4 is 119 Å². The summed E-state index contributed by atoms with van der Waals surface area (Å²) >= 11 is 9.24. The molecule has 20 amide bonds. The highest BCUT2D eigenvalue weighted by molar-refractivity contribution is 7.98. The molecule has 3 aromatic rings. The van der Waals surface area contributed by atoms with Crippen molar-refractivity contribution in [2.45, 2.75) is 201 Å².